The van der Waals surface area contributed by atoms with E-state index in [0.717, 1.165) is 19.3 Å². The Kier molecular flexibility index (Phi) is 2.72. The van der Waals surface area contributed by atoms with Gasteiger partial charge in [-0.15, -0.1) is 0 Å². The van der Waals surface area contributed by atoms with Gasteiger partial charge in [0.05, 0.1) is 6.10 Å². The molecule has 3 aliphatic heterocycles. The number of hydrogen-bond acceptors (Lipinski definition) is 4. The van der Waals surface area contributed by atoms with Gasteiger partial charge < -0.3 is 9.84 Å². The van der Waals surface area contributed by atoms with Crippen LogP contribution in [0, 0.1) is 5.41 Å². The molecular weight excluding hydrogens is 244 g/mol. The number of aliphatic hydroxyl groups is 1. The molecule has 2 bridgehead atoms. The van der Waals surface area contributed by atoms with Crippen molar-refractivity contribution in [2.75, 3.05) is 0 Å². The molecule has 1 saturated heterocycles. The van der Waals surface area contributed by atoms with E-state index in [1.54, 1.807) is 6.92 Å². The second-order valence-corrected chi connectivity index (χ2v) is 7.17. The summed E-state index contributed by atoms with van der Waals surface area (Å²) in [7, 11) is 0. The van der Waals surface area contributed by atoms with Crippen molar-refractivity contribution in [3.8, 4) is 0 Å². The SMILES string of the molecule is CC(O)C[C@]12C=C[C@@]3(OO1)C(C)(C)CCC[C@]3(C)O2. The monoisotopic (exact) mass is 268 g/mol. The Morgan fingerprint density at radius 1 is 1.16 bits per heavy atom. The molecule has 2 fully saturated rings. The smallest absolute Gasteiger partial charge is 0.224 e. The lowest BCUT2D eigenvalue weighted by molar-refractivity contribution is -0.554. The Morgan fingerprint density at radius 2 is 1.89 bits per heavy atom. The van der Waals surface area contributed by atoms with Crippen molar-refractivity contribution >= 4 is 0 Å². The Bertz CT molecular complexity index is 416. The Hall–Kier alpha value is -0.420. The molecule has 0 amide bonds. The van der Waals surface area contributed by atoms with Crippen molar-refractivity contribution in [2.45, 2.75) is 76.5 Å². The Morgan fingerprint density at radius 3 is 2.47 bits per heavy atom. The van der Waals surface area contributed by atoms with Gasteiger partial charge in [-0.05, 0) is 45.3 Å². The van der Waals surface area contributed by atoms with Gasteiger partial charge in [-0.3, -0.25) is 0 Å². The predicted molar refractivity (Wildman–Crippen MR) is 70.2 cm³/mol. The molecule has 19 heavy (non-hydrogen) atoms. The molecule has 0 aromatic heterocycles. The number of aliphatic hydroxyl groups excluding tert-OH is 1. The molecule has 4 rings (SSSR count). The fourth-order valence-corrected chi connectivity index (χ4v) is 4.11. The zero-order valence-corrected chi connectivity index (χ0v) is 12.2. The van der Waals surface area contributed by atoms with Crippen molar-refractivity contribution in [1.82, 2.24) is 0 Å². The average molecular weight is 268 g/mol. The van der Waals surface area contributed by atoms with Crippen LogP contribution in [0.25, 0.3) is 0 Å². The Labute approximate surface area is 114 Å². The van der Waals surface area contributed by atoms with E-state index in [0.29, 0.717) is 6.42 Å². The highest BCUT2D eigenvalue weighted by atomic mass is 17.3. The minimum absolute atomic E-state index is 0.0338. The van der Waals surface area contributed by atoms with Gasteiger partial charge in [0.25, 0.3) is 0 Å². The summed E-state index contributed by atoms with van der Waals surface area (Å²) in [4.78, 5) is 11.4. The van der Waals surface area contributed by atoms with Gasteiger partial charge in [0.2, 0.25) is 5.79 Å². The van der Waals surface area contributed by atoms with Crippen LogP contribution < -0.4 is 0 Å². The van der Waals surface area contributed by atoms with Gasteiger partial charge in [-0.25, -0.2) is 4.89 Å². The molecule has 108 valence electrons. The van der Waals surface area contributed by atoms with Crippen molar-refractivity contribution in [2.24, 2.45) is 5.41 Å². The predicted octanol–water partition coefficient (Wildman–Crippen LogP) is 2.71. The summed E-state index contributed by atoms with van der Waals surface area (Å²) in [5.41, 5.74) is -0.955. The molecule has 4 heteroatoms. The first-order valence-electron chi connectivity index (χ1n) is 7.20. The highest BCUT2D eigenvalue weighted by Gasteiger charge is 2.69. The van der Waals surface area contributed by atoms with E-state index in [4.69, 9.17) is 14.5 Å². The quantitative estimate of drug-likeness (QED) is 0.618. The van der Waals surface area contributed by atoms with E-state index >= 15 is 0 Å². The minimum atomic E-state index is -0.932. The van der Waals surface area contributed by atoms with Gasteiger partial charge >= 0.3 is 0 Å². The summed E-state index contributed by atoms with van der Waals surface area (Å²) in [6.45, 7) is 8.25. The summed E-state index contributed by atoms with van der Waals surface area (Å²) < 4.78 is 6.31. The number of hydrogen-bond donors (Lipinski definition) is 1. The number of ether oxygens (including phenoxy) is 1. The molecule has 3 heterocycles. The van der Waals surface area contributed by atoms with Crippen molar-refractivity contribution in [1.29, 1.82) is 0 Å². The summed E-state index contributed by atoms with van der Waals surface area (Å²) in [5, 5.41) is 9.65. The number of rotatable bonds is 2. The molecule has 4 nitrogen and oxygen atoms in total. The highest BCUT2D eigenvalue weighted by Crippen LogP contribution is 2.60. The second kappa shape index (κ2) is 3.82. The van der Waals surface area contributed by atoms with Crippen LogP contribution in [0.1, 0.15) is 53.4 Å². The van der Waals surface area contributed by atoms with Crippen LogP contribution in [-0.2, 0) is 14.5 Å². The van der Waals surface area contributed by atoms with Crippen molar-refractivity contribution in [3.63, 3.8) is 0 Å². The summed E-state index contributed by atoms with van der Waals surface area (Å²) in [5.74, 6) is -0.932. The first-order valence-corrected chi connectivity index (χ1v) is 7.20. The first-order chi connectivity index (χ1) is 8.74. The molecular formula is C15H24O4. The lowest BCUT2D eigenvalue weighted by Gasteiger charge is -2.64. The minimum Gasteiger partial charge on any atom is -0.393 e. The third-order valence-electron chi connectivity index (χ3n) is 5.11. The lowest BCUT2D eigenvalue weighted by Crippen LogP contribution is -2.73. The molecule has 1 unspecified atom stereocenters. The molecule has 1 aliphatic carbocycles. The van der Waals surface area contributed by atoms with Gasteiger partial charge in [-0.2, -0.15) is 4.89 Å². The van der Waals surface area contributed by atoms with E-state index < -0.39 is 23.1 Å². The summed E-state index contributed by atoms with van der Waals surface area (Å²) >= 11 is 0. The van der Waals surface area contributed by atoms with Crippen molar-refractivity contribution in [3.05, 3.63) is 12.2 Å². The maximum atomic E-state index is 9.65. The Balaban J connectivity index is 2.03. The topological polar surface area (TPSA) is 47.9 Å². The van der Waals surface area contributed by atoms with E-state index in [1.807, 2.05) is 6.08 Å². The van der Waals surface area contributed by atoms with E-state index in [9.17, 15) is 5.11 Å². The zero-order chi connectivity index (χ0) is 13.9. The van der Waals surface area contributed by atoms with E-state index in [-0.39, 0.29) is 5.41 Å². The average Bonchev–Trinajstić information content (AvgIpc) is 2.26. The standard InChI is InChI=1S/C15H24O4/c1-11(16)10-14-8-9-15(19-18-14)12(2,3)6-5-7-13(15,4)17-14/h8-9,11,16H,5-7,10H2,1-4H3/t11?,13-,14-,15+/m0/s1. The fourth-order valence-electron chi connectivity index (χ4n) is 4.11. The fraction of sp³-hybridized carbons (Fsp3) is 0.867. The van der Waals surface area contributed by atoms with Gasteiger partial charge in [0.1, 0.15) is 5.60 Å². The van der Waals surface area contributed by atoms with Crippen LogP contribution in [0.5, 0.6) is 0 Å². The van der Waals surface area contributed by atoms with Crippen LogP contribution in [0.3, 0.4) is 0 Å². The van der Waals surface area contributed by atoms with Gasteiger partial charge in [0, 0.05) is 11.8 Å². The van der Waals surface area contributed by atoms with E-state index in [2.05, 4.69) is 26.8 Å². The summed E-state index contributed by atoms with van der Waals surface area (Å²) in [6.07, 6.45) is 7.08. The van der Waals surface area contributed by atoms with Crippen LogP contribution in [0.4, 0.5) is 0 Å². The van der Waals surface area contributed by atoms with E-state index in [1.165, 1.54) is 0 Å². The van der Waals surface area contributed by atoms with Crippen LogP contribution in [-0.4, -0.2) is 28.2 Å². The van der Waals surface area contributed by atoms with Gasteiger partial charge in [-0.1, -0.05) is 13.8 Å². The largest absolute Gasteiger partial charge is 0.393 e. The highest BCUT2D eigenvalue weighted by molar-refractivity contribution is 5.27. The normalized spacial score (nSPS) is 48.9. The third-order valence-corrected chi connectivity index (χ3v) is 5.11. The molecule has 1 saturated carbocycles. The van der Waals surface area contributed by atoms with Crippen LogP contribution >= 0.6 is 0 Å². The maximum Gasteiger partial charge on any atom is 0.224 e. The molecule has 4 aliphatic rings. The number of fused-ring (bicyclic) bond motifs is 1. The molecule has 0 aromatic carbocycles. The zero-order valence-electron chi connectivity index (χ0n) is 12.2. The molecule has 0 radical (unpaired) electrons. The molecule has 4 atom stereocenters. The van der Waals surface area contributed by atoms with Crippen molar-refractivity contribution < 1.29 is 19.6 Å². The van der Waals surface area contributed by atoms with Crippen LogP contribution in [0.2, 0.25) is 0 Å². The van der Waals surface area contributed by atoms with Gasteiger partial charge in [0.15, 0.2) is 5.60 Å². The second-order valence-electron chi connectivity index (χ2n) is 7.17. The molecule has 1 spiro atoms. The maximum absolute atomic E-state index is 9.65. The van der Waals surface area contributed by atoms with Crippen LogP contribution in [0.15, 0.2) is 12.2 Å². The summed E-state index contributed by atoms with van der Waals surface area (Å²) in [6, 6.07) is 0. The lowest BCUT2D eigenvalue weighted by atomic mass is 9.57. The third kappa shape index (κ3) is 1.67. The molecule has 1 N–H and O–H groups in total. The first kappa shape index (κ1) is 13.6. The molecule has 0 aromatic rings.